The van der Waals surface area contributed by atoms with Crippen LogP contribution in [0.25, 0.3) is 0 Å². The van der Waals surface area contributed by atoms with Crippen LogP contribution in [0.1, 0.15) is 41.6 Å². The van der Waals surface area contributed by atoms with Gasteiger partial charge in [0.05, 0.1) is 13.0 Å². The number of carboxylic acids is 1. The molecule has 0 saturated heterocycles. The molecule has 124 valence electrons. The monoisotopic (exact) mass is 325 g/mol. The van der Waals surface area contributed by atoms with Crippen molar-refractivity contribution < 1.29 is 19.4 Å². The molecule has 0 amide bonds. The first-order valence-electron chi connectivity index (χ1n) is 8.14. The fourth-order valence-corrected chi connectivity index (χ4v) is 3.64. The third kappa shape index (κ3) is 2.56. The van der Waals surface area contributed by atoms with Gasteiger partial charge >= 0.3 is 5.97 Å². The summed E-state index contributed by atoms with van der Waals surface area (Å²) < 4.78 is 11.8. The first-order valence-corrected chi connectivity index (χ1v) is 8.14. The maximum Gasteiger partial charge on any atom is 0.304 e. The largest absolute Gasteiger partial charge is 0.492 e. The summed E-state index contributed by atoms with van der Waals surface area (Å²) in [5.74, 6) is 0.574. The van der Waals surface area contributed by atoms with Crippen LogP contribution in [0.3, 0.4) is 0 Å². The van der Waals surface area contributed by atoms with Crippen molar-refractivity contribution in [2.24, 2.45) is 0 Å². The molecule has 0 aromatic heterocycles. The molecule has 2 atom stereocenters. The highest BCUT2D eigenvalue weighted by molar-refractivity contribution is 5.68. The maximum atomic E-state index is 10.9. The number of rotatable bonds is 4. The minimum Gasteiger partial charge on any atom is -0.492 e. The van der Waals surface area contributed by atoms with Gasteiger partial charge in [-0.25, -0.2) is 0 Å². The van der Waals surface area contributed by atoms with Gasteiger partial charge in [0.1, 0.15) is 17.6 Å². The van der Waals surface area contributed by atoms with Gasteiger partial charge in [0, 0.05) is 23.2 Å². The van der Waals surface area contributed by atoms with Crippen molar-refractivity contribution in [2.75, 3.05) is 12.3 Å². The molecule has 1 aliphatic heterocycles. The molecular formula is C19H19NO4. The van der Waals surface area contributed by atoms with Crippen LogP contribution in [0.4, 0.5) is 5.69 Å². The number of fused-ring (bicyclic) bond motifs is 2. The van der Waals surface area contributed by atoms with Gasteiger partial charge in [0.2, 0.25) is 0 Å². The fraction of sp³-hybridized carbons (Fsp3) is 0.316. The average molecular weight is 325 g/mol. The molecule has 1 heterocycles. The summed E-state index contributed by atoms with van der Waals surface area (Å²) in [4.78, 5) is 10.9. The Morgan fingerprint density at radius 1 is 1.29 bits per heavy atom. The molecule has 0 radical (unpaired) electrons. The van der Waals surface area contributed by atoms with Crippen LogP contribution in [0.2, 0.25) is 0 Å². The molecule has 24 heavy (non-hydrogen) atoms. The average Bonchev–Trinajstić information content (AvgIpc) is 3.13. The predicted molar refractivity (Wildman–Crippen MR) is 89.5 cm³/mol. The summed E-state index contributed by atoms with van der Waals surface area (Å²) in [6, 6.07) is 11.6. The highest BCUT2D eigenvalue weighted by Crippen LogP contribution is 2.41. The number of nitrogens with two attached hydrogens (primary N) is 1. The molecule has 5 nitrogen and oxygen atoms in total. The Balaban J connectivity index is 1.54. The zero-order valence-electron chi connectivity index (χ0n) is 13.2. The number of anilines is 1. The number of carbonyl (C=O) groups is 1. The molecule has 2 aliphatic rings. The van der Waals surface area contributed by atoms with E-state index in [4.69, 9.17) is 20.3 Å². The highest BCUT2D eigenvalue weighted by atomic mass is 16.5. The summed E-state index contributed by atoms with van der Waals surface area (Å²) in [5.41, 5.74) is 10.1. The van der Waals surface area contributed by atoms with E-state index in [1.807, 2.05) is 30.3 Å². The van der Waals surface area contributed by atoms with Gasteiger partial charge in [-0.3, -0.25) is 4.79 Å². The van der Waals surface area contributed by atoms with Crippen LogP contribution >= 0.6 is 0 Å². The van der Waals surface area contributed by atoms with Crippen molar-refractivity contribution in [3.63, 3.8) is 0 Å². The molecular weight excluding hydrogens is 306 g/mol. The number of nitrogen functional groups attached to an aromatic ring is 1. The molecule has 0 spiro atoms. The van der Waals surface area contributed by atoms with Crippen molar-refractivity contribution >= 4 is 11.7 Å². The second-order valence-corrected chi connectivity index (χ2v) is 6.37. The van der Waals surface area contributed by atoms with Crippen LogP contribution in [-0.4, -0.2) is 17.7 Å². The van der Waals surface area contributed by atoms with Crippen molar-refractivity contribution in [3.8, 4) is 11.5 Å². The van der Waals surface area contributed by atoms with E-state index in [1.54, 1.807) is 0 Å². The Hall–Kier alpha value is -2.69. The van der Waals surface area contributed by atoms with E-state index in [1.165, 1.54) is 5.56 Å². The zero-order valence-corrected chi connectivity index (χ0v) is 13.2. The third-order valence-corrected chi connectivity index (χ3v) is 4.82. The second kappa shape index (κ2) is 5.74. The standard InChI is InChI=1S/C19H19NO4/c20-16-3-1-2-15-14(16)6-7-17(15)24-12-4-5-13-11(8-19(21)22)10-23-18(13)9-12/h1-5,9,11,17H,6-8,10,20H2,(H,21,22)/t11-,17-/m1/s1. The van der Waals surface area contributed by atoms with Crippen LogP contribution in [-0.2, 0) is 11.2 Å². The Morgan fingerprint density at radius 2 is 2.17 bits per heavy atom. The van der Waals surface area contributed by atoms with E-state index in [9.17, 15) is 4.79 Å². The molecule has 2 aromatic rings. The maximum absolute atomic E-state index is 10.9. The Bertz CT molecular complexity index is 802. The number of hydrogen-bond donors (Lipinski definition) is 2. The number of carboxylic acid groups (broad SMARTS) is 1. The molecule has 1 aliphatic carbocycles. The lowest BCUT2D eigenvalue weighted by molar-refractivity contribution is -0.137. The SMILES string of the molecule is Nc1cccc2c1CC[C@H]2Oc1ccc2c(c1)OC[C@H]2CC(=O)O. The molecule has 5 heteroatoms. The van der Waals surface area contributed by atoms with Crippen LogP contribution in [0.5, 0.6) is 11.5 Å². The van der Waals surface area contributed by atoms with Crippen molar-refractivity contribution in [1.29, 1.82) is 0 Å². The number of aliphatic carboxylic acids is 1. The van der Waals surface area contributed by atoms with Crippen LogP contribution < -0.4 is 15.2 Å². The number of benzene rings is 2. The van der Waals surface area contributed by atoms with Gasteiger partial charge in [-0.05, 0) is 36.1 Å². The second-order valence-electron chi connectivity index (χ2n) is 6.37. The lowest BCUT2D eigenvalue weighted by Gasteiger charge is -2.16. The summed E-state index contributed by atoms with van der Waals surface area (Å²) in [6.45, 7) is 0.411. The zero-order chi connectivity index (χ0) is 16.7. The molecule has 0 unspecified atom stereocenters. The Morgan fingerprint density at radius 3 is 3.00 bits per heavy atom. The van der Waals surface area contributed by atoms with E-state index < -0.39 is 5.97 Å². The van der Waals surface area contributed by atoms with E-state index in [2.05, 4.69) is 6.07 Å². The van der Waals surface area contributed by atoms with E-state index >= 15 is 0 Å². The van der Waals surface area contributed by atoms with Gasteiger partial charge in [-0.15, -0.1) is 0 Å². The van der Waals surface area contributed by atoms with Crippen molar-refractivity contribution in [1.82, 2.24) is 0 Å². The molecule has 0 fully saturated rings. The van der Waals surface area contributed by atoms with Crippen molar-refractivity contribution in [3.05, 3.63) is 53.1 Å². The third-order valence-electron chi connectivity index (χ3n) is 4.82. The lowest BCUT2D eigenvalue weighted by Crippen LogP contribution is -2.07. The molecule has 0 saturated carbocycles. The fourth-order valence-electron chi connectivity index (χ4n) is 3.64. The van der Waals surface area contributed by atoms with Crippen molar-refractivity contribution in [2.45, 2.75) is 31.3 Å². The minimum absolute atomic E-state index is 0.00207. The summed E-state index contributed by atoms with van der Waals surface area (Å²) in [7, 11) is 0. The Labute approximate surface area is 140 Å². The van der Waals surface area contributed by atoms with Crippen LogP contribution in [0.15, 0.2) is 36.4 Å². The lowest BCUT2D eigenvalue weighted by atomic mass is 9.98. The molecule has 3 N–H and O–H groups in total. The van der Waals surface area contributed by atoms with Gasteiger partial charge in [0.25, 0.3) is 0 Å². The van der Waals surface area contributed by atoms with Crippen LogP contribution in [0, 0.1) is 0 Å². The first-order chi connectivity index (χ1) is 11.6. The van der Waals surface area contributed by atoms with E-state index in [0.717, 1.165) is 41.2 Å². The Kier molecular flexibility index (Phi) is 3.56. The molecule has 2 aromatic carbocycles. The quantitative estimate of drug-likeness (QED) is 0.843. The van der Waals surface area contributed by atoms with Gasteiger partial charge in [0.15, 0.2) is 0 Å². The summed E-state index contributed by atoms with van der Waals surface area (Å²) in [5, 5.41) is 8.97. The summed E-state index contributed by atoms with van der Waals surface area (Å²) >= 11 is 0. The van der Waals surface area contributed by atoms with Gasteiger partial charge in [-0.2, -0.15) is 0 Å². The summed E-state index contributed by atoms with van der Waals surface area (Å²) in [6.07, 6.45) is 1.92. The van der Waals surface area contributed by atoms with Gasteiger partial charge in [-0.1, -0.05) is 18.2 Å². The normalized spacial score (nSPS) is 21.0. The smallest absolute Gasteiger partial charge is 0.304 e. The topological polar surface area (TPSA) is 81.8 Å². The number of hydrogen-bond acceptors (Lipinski definition) is 4. The highest BCUT2D eigenvalue weighted by Gasteiger charge is 2.28. The van der Waals surface area contributed by atoms with Gasteiger partial charge < -0.3 is 20.3 Å². The molecule has 4 rings (SSSR count). The molecule has 0 bridgehead atoms. The minimum atomic E-state index is -0.808. The van der Waals surface area contributed by atoms with E-state index in [0.29, 0.717) is 6.61 Å². The first kappa shape index (κ1) is 14.9. The van der Waals surface area contributed by atoms with E-state index in [-0.39, 0.29) is 18.4 Å². The predicted octanol–water partition coefficient (Wildman–Crippen LogP) is 3.29. The number of ether oxygens (including phenoxy) is 2.